The fourth-order valence-electron chi connectivity index (χ4n) is 3.18. The summed E-state index contributed by atoms with van der Waals surface area (Å²) in [6.07, 6.45) is 5.69. The molecule has 0 aromatic rings. The van der Waals surface area contributed by atoms with Crippen LogP contribution in [0.2, 0.25) is 0 Å². The highest BCUT2D eigenvalue weighted by Gasteiger charge is 2.49. The molecule has 0 saturated carbocycles. The minimum Gasteiger partial charge on any atom is -0.394 e. The maximum Gasteiger partial charge on any atom is 0.0615 e. The molecule has 0 amide bonds. The molecule has 2 aliphatic heterocycles. The Kier molecular flexibility index (Phi) is 3.03. The van der Waals surface area contributed by atoms with E-state index >= 15 is 0 Å². The van der Waals surface area contributed by atoms with Crippen molar-refractivity contribution in [3.8, 4) is 0 Å². The van der Waals surface area contributed by atoms with Gasteiger partial charge in [-0.2, -0.15) is 10.6 Å². The maximum atomic E-state index is 9.50. The van der Waals surface area contributed by atoms with Crippen LogP contribution in [0.15, 0.2) is 0 Å². The number of hydrogen-bond donors (Lipinski definition) is 3. The van der Waals surface area contributed by atoms with E-state index in [0.717, 1.165) is 32.2 Å². The molecule has 2 fully saturated rings. The first-order valence-corrected chi connectivity index (χ1v) is 7.68. The van der Waals surface area contributed by atoms with Gasteiger partial charge in [0.25, 0.3) is 0 Å². The Morgan fingerprint density at radius 3 is 2.73 bits per heavy atom. The number of rotatable bonds is 3. The number of aliphatic hydroxyl groups excluding tert-OH is 1. The van der Waals surface area contributed by atoms with Gasteiger partial charge in [0, 0.05) is 17.8 Å². The summed E-state index contributed by atoms with van der Waals surface area (Å²) < 4.78 is 19.0. The number of aliphatic hydroxyl groups is 1. The van der Waals surface area contributed by atoms with Crippen LogP contribution in [-0.4, -0.2) is 55.9 Å². The standard InChI is InChI=1S/C10H21NO3S/c1-15(13,14)7-9-3-5-10(8-12)4-2-6-11(9)10/h9,12-14H,2-8H2,1H3/t9-,10-/m0/s1. The van der Waals surface area contributed by atoms with E-state index in [1.165, 1.54) is 6.26 Å². The number of nitrogens with zero attached hydrogens (tertiary/aromatic N) is 1. The Labute approximate surface area is 92.6 Å². The zero-order valence-corrected chi connectivity index (χ0v) is 10.0. The van der Waals surface area contributed by atoms with Crippen LogP contribution in [0, 0.1) is 0 Å². The lowest BCUT2D eigenvalue weighted by molar-refractivity contribution is 0.0821. The summed E-state index contributed by atoms with van der Waals surface area (Å²) >= 11 is 0. The Balaban J connectivity index is 2.06. The van der Waals surface area contributed by atoms with Crippen molar-refractivity contribution in [3.05, 3.63) is 0 Å². The fourth-order valence-corrected chi connectivity index (χ4v) is 4.25. The van der Waals surface area contributed by atoms with Gasteiger partial charge in [0.15, 0.2) is 0 Å². The first-order chi connectivity index (χ1) is 6.97. The van der Waals surface area contributed by atoms with Crippen molar-refractivity contribution in [2.24, 2.45) is 0 Å². The van der Waals surface area contributed by atoms with Gasteiger partial charge in [0.1, 0.15) is 0 Å². The van der Waals surface area contributed by atoms with Crippen molar-refractivity contribution in [3.63, 3.8) is 0 Å². The Hall–Kier alpha value is 0.190. The highest BCUT2D eigenvalue weighted by Crippen LogP contribution is 2.46. The summed E-state index contributed by atoms with van der Waals surface area (Å²) in [5.74, 6) is 0.467. The lowest BCUT2D eigenvalue weighted by Gasteiger charge is -2.37. The Bertz CT molecular complexity index is 243. The monoisotopic (exact) mass is 235 g/mol. The van der Waals surface area contributed by atoms with Gasteiger partial charge in [-0.3, -0.25) is 14.0 Å². The number of hydrogen-bond acceptors (Lipinski definition) is 4. The summed E-state index contributed by atoms with van der Waals surface area (Å²) in [6.45, 7) is 1.22. The van der Waals surface area contributed by atoms with E-state index in [9.17, 15) is 14.2 Å². The van der Waals surface area contributed by atoms with Gasteiger partial charge in [0.2, 0.25) is 0 Å². The zero-order chi connectivity index (χ0) is 11.1. The van der Waals surface area contributed by atoms with Gasteiger partial charge >= 0.3 is 0 Å². The summed E-state index contributed by atoms with van der Waals surface area (Å²) in [7, 11) is -2.40. The summed E-state index contributed by atoms with van der Waals surface area (Å²) in [6, 6.07) is 0.259. The second kappa shape index (κ2) is 3.89. The van der Waals surface area contributed by atoms with Crippen molar-refractivity contribution >= 4 is 10.6 Å². The van der Waals surface area contributed by atoms with Crippen LogP contribution in [0.3, 0.4) is 0 Å². The molecule has 0 radical (unpaired) electrons. The molecule has 3 N–H and O–H groups in total. The van der Waals surface area contributed by atoms with E-state index in [4.69, 9.17) is 0 Å². The predicted molar refractivity (Wildman–Crippen MR) is 62.4 cm³/mol. The molecule has 90 valence electrons. The number of fused-ring (bicyclic) bond motifs is 1. The largest absolute Gasteiger partial charge is 0.394 e. The summed E-state index contributed by atoms with van der Waals surface area (Å²) in [4.78, 5) is 2.31. The smallest absolute Gasteiger partial charge is 0.0615 e. The molecule has 0 unspecified atom stereocenters. The molecule has 4 nitrogen and oxygen atoms in total. The average Bonchev–Trinajstić information content (AvgIpc) is 2.65. The lowest BCUT2D eigenvalue weighted by atomic mass is 9.95. The van der Waals surface area contributed by atoms with E-state index in [0.29, 0.717) is 5.75 Å². The van der Waals surface area contributed by atoms with E-state index in [1.54, 1.807) is 0 Å². The second-order valence-corrected chi connectivity index (χ2v) is 7.35. The van der Waals surface area contributed by atoms with E-state index in [-0.39, 0.29) is 18.2 Å². The Morgan fingerprint density at radius 1 is 1.40 bits per heavy atom. The molecule has 0 aromatic heterocycles. The normalized spacial score (nSPS) is 38.3. The third kappa shape index (κ3) is 2.17. The topological polar surface area (TPSA) is 63.9 Å². The molecule has 0 spiro atoms. The minimum atomic E-state index is -2.40. The van der Waals surface area contributed by atoms with Gasteiger partial charge in [-0.1, -0.05) is 0 Å². The van der Waals surface area contributed by atoms with Crippen molar-refractivity contribution in [2.45, 2.75) is 37.3 Å². The predicted octanol–water partition coefficient (Wildman–Crippen LogP) is 1.36. The van der Waals surface area contributed by atoms with Crippen molar-refractivity contribution in [2.75, 3.05) is 25.2 Å². The average molecular weight is 235 g/mol. The SMILES string of the molecule is CS(O)(O)C[C@@H]1CC[C@]2(CO)CCCN12. The van der Waals surface area contributed by atoms with Crippen molar-refractivity contribution in [1.82, 2.24) is 4.90 Å². The molecule has 0 aliphatic carbocycles. The maximum absolute atomic E-state index is 9.50. The van der Waals surface area contributed by atoms with Crippen molar-refractivity contribution in [1.29, 1.82) is 0 Å². The lowest BCUT2D eigenvalue weighted by Crippen LogP contribution is -2.46. The fraction of sp³-hybridized carbons (Fsp3) is 1.00. The molecular weight excluding hydrogens is 214 g/mol. The van der Waals surface area contributed by atoms with E-state index in [1.807, 2.05) is 0 Å². The first-order valence-electron chi connectivity index (χ1n) is 5.55. The highest BCUT2D eigenvalue weighted by molar-refractivity contribution is 8.23. The van der Waals surface area contributed by atoms with Crippen LogP contribution in [0.1, 0.15) is 25.7 Å². The first kappa shape index (κ1) is 11.7. The van der Waals surface area contributed by atoms with E-state index in [2.05, 4.69) is 4.90 Å². The molecule has 2 atom stereocenters. The molecule has 0 bridgehead atoms. The molecule has 2 heterocycles. The molecule has 2 aliphatic rings. The molecule has 0 aromatic carbocycles. The molecule has 15 heavy (non-hydrogen) atoms. The summed E-state index contributed by atoms with van der Waals surface area (Å²) in [5.41, 5.74) is -0.0324. The van der Waals surface area contributed by atoms with Gasteiger partial charge < -0.3 is 5.11 Å². The minimum absolute atomic E-state index is 0.0324. The van der Waals surface area contributed by atoms with Gasteiger partial charge in [0.05, 0.1) is 12.4 Å². The van der Waals surface area contributed by atoms with E-state index < -0.39 is 10.6 Å². The van der Waals surface area contributed by atoms with Crippen LogP contribution in [-0.2, 0) is 0 Å². The van der Waals surface area contributed by atoms with Gasteiger partial charge in [-0.15, -0.1) is 0 Å². The van der Waals surface area contributed by atoms with Crippen LogP contribution >= 0.6 is 10.6 Å². The van der Waals surface area contributed by atoms with Gasteiger partial charge in [-0.05, 0) is 32.2 Å². The quantitative estimate of drug-likeness (QED) is 0.691. The molecule has 2 rings (SSSR count). The van der Waals surface area contributed by atoms with Crippen LogP contribution in [0.25, 0.3) is 0 Å². The van der Waals surface area contributed by atoms with Crippen molar-refractivity contribution < 1.29 is 14.2 Å². The van der Waals surface area contributed by atoms with Crippen LogP contribution in [0.4, 0.5) is 0 Å². The highest BCUT2D eigenvalue weighted by atomic mass is 32.3. The van der Waals surface area contributed by atoms with Crippen LogP contribution in [0.5, 0.6) is 0 Å². The molecular formula is C10H21NO3S. The third-order valence-electron chi connectivity index (χ3n) is 3.84. The third-order valence-corrected chi connectivity index (χ3v) is 4.85. The molecule has 2 saturated heterocycles. The summed E-state index contributed by atoms with van der Waals surface area (Å²) in [5, 5.41) is 9.48. The Morgan fingerprint density at radius 2 is 2.13 bits per heavy atom. The van der Waals surface area contributed by atoms with Gasteiger partial charge in [-0.25, -0.2) is 0 Å². The zero-order valence-electron chi connectivity index (χ0n) is 9.22. The molecule has 5 heteroatoms. The second-order valence-electron chi connectivity index (χ2n) is 5.03. The van der Waals surface area contributed by atoms with Crippen LogP contribution < -0.4 is 0 Å².